The summed E-state index contributed by atoms with van der Waals surface area (Å²) in [5.41, 5.74) is 3.12. The summed E-state index contributed by atoms with van der Waals surface area (Å²) in [6.07, 6.45) is 5.24. The number of anilines is 4. The summed E-state index contributed by atoms with van der Waals surface area (Å²) < 4.78 is 7.91. The molecule has 0 atom stereocenters. The smallest absolute Gasteiger partial charge is 0.231 e. The number of aromatic nitrogens is 5. The average Bonchev–Trinajstić information content (AvgIpc) is 3.26. The zero-order valence-electron chi connectivity index (χ0n) is 18.3. The number of pyridine rings is 1. The number of hydrogen-bond acceptors (Lipinski definition) is 7. The molecular formula is C25H23N7O. The van der Waals surface area contributed by atoms with Crippen LogP contribution in [0.5, 0.6) is 11.5 Å². The largest absolute Gasteiger partial charge is 0.457 e. The van der Waals surface area contributed by atoms with E-state index in [-0.39, 0.29) is 6.04 Å². The van der Waals surface area contributed by atoms with Crippen LogP contribution in [0.4, 0.5) is 23.1 Å². The summed E-state index contributed by atoms with van der Waals surface area (Å²) in [6, 6.07) is 21.4. The van der Waals surface area contributed by atoms with E-state index >= 15 is 0 Å². The first-order chi connectivity index (χ1) is 16.2. The number of fused-ring (bicyclic) bond motifs is 1. The van der Waals surface area contributed by atoms with Crippen molar-refractivity contribution in [3.63, 3.8) is 0 Å². The fourth-order valence-corrected chi connectivity index (χ4v) is 3.37. The van der Waals surface area contributed by atoms with Crippen molar-refractivity contribution in [3.8, 4) is 11.5 Å². The van der Waals surface area contributed by atoms with E-state index in [2.05, 4.69) is 39.4 Å². The highest BCUT2D eigenvalue weighted by Gasteiger charge is 2.15. The lowest BCUT2D eigenvalue weighted by Crippen LogP contribution is -2.05. The zero-order valence-corrected chi connectivity index (χ0v) is 18.3. The predicted molar refractivity (Wildman–Crippen MR) is 129 cm³/mol. The summed E-state index contributed by atoms with van der Waals surface area (Å²) in [4.78, 5) is 18.1. The molecule has 0 spiro atoms. The topological polar surface area (TPSA) is 89.8 Å². The average molecular weight is 438 g/mol. The molecule has 0 amide bonds. The number of para-hydroxylation sites is 1. The molecule has 0 aliphatic carbocycles. The lowest BCUT2D eigenvalue weighted by Gasteiger charge is -2.12. The first kappa shape index (κ1) is 20.4. The molecule has 0 bridgehead atoms. The highest BCUT2D eigenvalue weighted by atomic mass is 16.5. The molecule has 0 aliphatic heterocycles. The summed E-state index contributed by atoms with van der Waals surface area (Å²) >= 11 is 0. The Morgan fingerprint density at radius 1 is 0.818 bits per heavy atom. The fourth-order valence-electron chi connectivity index (χ4n) is 3.37. The molecule has 0 saturated heterocycles. The molecule has 0 saturated carbocycles. The third-order valence-electron chi connectivity index (χ3n) is 4.99. The van der Waals surface area contributed by atoms with Gasteiger partial charge in [-0.2, -0.15) is 9.97 Å². The first-order valence-electron chi connectivity index (χ1n) is 10.7. The van der Waals surface area contributed by atoms with Crippen molar-refractivity contribution in [2.24, 2.45) is 0 Å². The van der Waals surface area contributed by atoms with Crippen LogP contribution in [-0.2, 0) is 0 Å². The summed E-state index contributed by atoms with van der Waals surface area (Å²) in [5.74, 6) is 2.62. The Bertz CT molecular complexity index is 1350. The number of hydrogen-bond donors (Lipinski definition) is 2. The Morgan fingerprint density at radius 2 is 1.61 bits per heavy atom. The molecule has 2 aromatic carbocycles. The normalized spacial score (nSPS) is 11.0. The third kappa shape index (κ3) is 4.59. The standard InChI is InChI=1S/C25H23N7O/c1-17(2)32-16-27-22-23(30-25(31-24(22)32)29-19-7-6-14-26-15-19)28-18-10-12-21(13-11-18)33-20-8-4-3-5-9-20/h3-17H,1-2H3,(H2,28,29,30,31). The second kappa shape index (κ2) is 8.96. The Labute approximate surface area is 191 Å². The maximum atomic E-state index is 5.88. The molecule has 33 heavy (non-hydrogen) atoms. The lowest BCUT2D eigenvalue weighted by atomic mass is 10.3. The molecule has 0 aliphatic rings. The van der Waals surface area contributed by atoms with E-state index in [1.54, 1.807) is 18.7 Å². The molecule has 3 aromatic heterocycles. The Morgan fingerprint density at radius 3 is 2.33 bits per heavy atom. The van der Waals surface area contributed by atoms with Crippen LogP contribution in [0.3, 0.4) is 0 Å². The van der Waals surface area contributed by atoms with Gasteiger partial charge in [0, 0.05) is 17.9 Å². The SMILES string of the molecule is CC(C)n1cnc2c(Nc3ccc(Oc4ccccc4)cc3)nc(Nc3cccnc3)nc21. The van der Waals surface area contributed by atoms with Gasteiger partial charge in [0.15, 0.2) is 17.0 Å². The second-order valence-electron chi connectivity index (χ2n) is 7.74. The Hall–Kier alpha value is -4.46. The van der Waals surface area contributed by atoms with Crippen molar-refractivity contribution in [2.45, 2.75) is 19.9 Å². The Balaban J connectivity index is 1.45. The predicted octanol–water partition coefficient (Wildman–Crippen LogP) is 6.08. The van der Waals surface area contributed by atoms with E-state index in [1.165, 1.54) is 0 Å². The molecule has 0 radical (unpaired) electrons. The number of nitrogens with one attached hydrogen (secondary N) is 2. The molecule has 8 nitrogen and oxygen atoms in total. The molecule has 8 heteroatoms. The van der Waals surface area contributed by atoms with Gasteiger partial charge in [0.2, 0.25) is 5.95 Å². The van der Waals surface area contributed by atoms with Gasteiger partial charge in [-0.05, 0) is 62.4 Å². The molecule has 2 N–H and O–H groups in total. The van der Waals surface area contributed by atoms with Crippen LogP contribution in [0.15, 0.2) is 85.5 Å². The van der Waals surface area contributed by atoms with Gasteiger partial charge in [-0.3, -0.25) is 4.98 Å². The summed E-state index contributed by atoms with van der Waals surface area (Å²) in [5, 5.41) is 6.61. The molecule has 3 heterocycles. The number of imidazole rings is 1. The molecule has 164 valence electrons. The Kier molecular flexibility index (Phi) is 5.55. The fraction of sp³-hybridized carbons (Fsp3) is 0.120. The van der Waals surface area contributed by atoms with Crippen molar-refractivity contribution in [1.82, 2.24) is 24.5 Å². The number of rotatable bonds is 7. The van der Waals surface area contributed by atoms with Gasteiger partial charge in [-0.25, -0.2) is 4.98 Å². The monoisotopic (exact) mass is 437 g/mol. The molecule has 5 aromatic rings. The van der Waals surface area contributed by atoms with Gasteiger partial charge in [-0.15, -0.1) is 0 Å². The molecule has 5 rings (SSSR count). The zero-order chi connectivity index (χ0) is 22.6. The third-order valence-corrected chi connectivity index (χ3v) is 4.99. The molecule has 0 fully saturated rings. The minimum absolute atomic E-state index is 0.207. The van der Waals surface area contributed by atoms with Crippen molar-refractivity contribution >= 4 is 34.3 Å². The van der Waals surface area contributed by atoms with Gasteiger partial charge >= 0.3 is 0 Å². The van der Waals surface area contributed by atoms with Crippen LogP contribution in [0.2, 0.25) is 0 Å². The number of nitrogens with zero attached hydrogens (tertiary/aromatic N) is 5. The van der Waals surface area contributed by atoms with Crippen LogP contribution in [-0.4, -0.2) is 24.5 Å². The van der Waals surface area contributed by atoms with E-state index in [0.717, 1.165) is 28.5 Å². The van der Waals surface area contributed by atoms with Gasteiger partial charge in [0.1, 0.15) is 11.5 Å². The van der Waals surface area contributed by atoms with Crippen molar-refractivity contribution in [2.75, 3.05) is 10.6 Å². The van der Waals surface area contributed by atoms with Crippen LogP contribution < -0.4 is 15.4 Å². The maximum absolute atomic E-state index is 5.88. The molecule has 0 unspecified atom stereocenters. The second-order valence-corrected chi connectivity index (χ2v) is 7.74. The summed E-state index contributed by atoms with van der Waals surface area (Å²) in [7, 11) is 0. The van der Waals surface area contributed by atoms with Gasteiger partial charge in [0.25, 0.3) is 0 Å². The van der Waals surface area contributed by atoms with Crippen LogP contribution in [0.25, 0.3) is 11.2 Å². The van der Waals surface area contributed by atoms with E-state index in [0.29, 0.717) is 17.3 Å². The molecular weight excluding hydrogens is 414 g/mol. The van der Waals surface area contributed by atoms with Gasteiger partial charge in [-0.1, -0.05) is 18.2 Å². The van der Waals surface area contributed by atoms with E-state index in [9.17, 15) is 0 Å². The lowest BCUT2D eigenvalue weighted by molar-refractivity contribution is 0.483. The number of benzene rings is 2. The highest BCUT2D eigenvalue weighted by Crippen LogP contribution is 2.28. The summed E-state index contributed by atoms with van der Waals surface area (Å²) in [6.45, 7) is 4.19. The highest BCUT2D eigenvalue weighted by molar-refractivity contribution is 5.87. The van der Waals surface area contributed by atoms with Gasteiger partial charge < -0.3 is 19.9 Å². The van der Waals surface area contributed by atoms with Crippen molar-refractivity contribution < 1.29 is 4.74 Å². The van der Waals surface area contributed by atoms with E-state index in [1.807, 2.05) is 71.3 Å². The number of ether oxygens (including phenoxy) is 1. The quantitative estimate of drug-likeness (QED) is 0.319. The minimum Gasteiger partial charge on any atom is -0.457 e. The van der Waals surface area contributed by atoms with E-state index < -0.39 is 0 Å². The van der Waals surface area contributed by atoms with Crippen molar-refractivity contribution in [1.29, 1.82) is 0 Å². The first-order valence-corrected chi connectivity index (χ1v) is 10.7. The van der Waals surface area contributed by atoms with Crippen LogP contribution in [0, 0.1) is 0 Å². The maximum Gasteiger partial charge on any atom is 0.231 e. The minimum atomic E-state index is 0.207. The van der Waals surface area contributed by atoms with Gasteiger partial charge in [0.05, 0.1) is 18.2 Å². The van der Waals surface area contributed by atoms with E-state index in [4.69, 9.17) is 9.72 Å². The van der Waals surface area contributed by atoms with Crippen LogP contribution >= 0.6 is 0 Å². The van der Waals surface area contributed by atoms with Crippen molar-refractivity contribution in [3.05, 3.63) is 85.5 Å². The van der Waals surface area contributed by atoms with Crippen LogP contribution in [0.1, 0.15) is 19.9 Å².